The second-order valence-corrected chi connectivity index (χ2v) is 6.43. The molecule has 0 bridgehead atoms. The average Bonchev–Trinajstić information content (AvgIpc) is 2.37. The van der Waals surface area contributed by atoms with E-state index in [1.165, 1.54) is 18.4 Å². The molecule has 0 aromatic heterocycles. The first-order chi connectivity index (χ1) is 9.41. The van der Waals surface area contributed by atoms with Gasteiger partial charge in [-0.05, 0) is 42.5 Å². The zero-order chi connectivity index (χ0) is 14.8. The van der Waals surface area contributed by atoms with Gasteiger partial charge in [-0.15, -0.1) is 0 Å². The summed E-state index contributed by atoms with van der Waals surface area (Å²) in [5.74, 6) is 0.735. The lowest BCUT2D eigenvalue weighted by Crippen LogP contribution is -2.39. The molecule has 0 saturated carbocycles. The van der Waals surface area contributed by atoms with Gasteiger partial charge in [0.15, 0.2) is 0 Å². The fraction of sp³-hybridized carbons (Fsp3) is 0.562. The van der Waals surface area contributed by atoms with Crippen LogP contribution in [0.25, 0.3) is 0 Å². The smallest absolute Gasteiger partial charge is 0.130 e. The molecule has 1 fully saturated rings. The van der Waals surface area contributed by atoms with E-state index >= 15 is 0 Å². The molecule has 3 N–H and O–H groups in total. The fourth-order valence-corrected chi connectivity index (χ4v) is 2.99. The standard InChI is InChI=1S/C16H25N3O/c1-16(2)7-4-8-19(11-16)10-12-5-6-13(15(17)18)14(9-12)20-3/h5-6,9H,4,7-8,10-11H2,1-3H3,(H3,17,18). The number of ether oxygens (including phenoxy) is 1. The van der Waals surface area contributed by atoms with Gasteiger partial charge in [0.1, 0.15) is 11.6 Å². The second-order valence-electron chi connectivity index (χ2n) is 6.43. The van der Waals surface area contributed by atoms with Crippen LogP contribution in [0.1, 0.15) is 37.8 Å². The fourth-order valence-electron chi connectivity index (χ4n) is 2.99. The molecule has 20 heavy (non-hydrogen) atoms. The van der Waals surface area contributed by atoms with Gasteiger partial charge in [-0.25, -0.2) is 0 Å². The summed E-state index contributed by atoms with van der Waals surface area (Å²) in [5, 5.41) is 7.54. The molecule has 1 aromatic carbocycles. The maximum absolute atomic E-state index is 7.54. The van der Waals surface area contributed by atoms with Gasteiger partial charge in [-0.3, -0.25) is 10.3 Å². The Balaban J connectivity index is 2.12. The van der Waals surface area contributed by atoms with E-state index in [4.69, 9.17) is 15.9 Å². The molecule has 1 aliphatic rings. The van der Waals surface area contributed by atoms with Crippen molar-refractivity contribution in [2.75, 3.05) is 20.2 Å². The molecule has 0 atom stereocenters. The van der Waals surface area contributed by atoms with Crippen LogP contribution in [0.5, 0.6) is 5.75 Å². The van der Waals surface area contributed by atoms with Crippen LogP contribution in [0.2, 0.25) is 0 Å². The van der Waals surface area contributed by atoms with Crippen molar-refractivity contribution < 1.29 is 4.74 Å². The predicted molar refractivity (Wildman–Crippen MR) is 82.3 cm³/mol. The van der Waals surface area contributed by atoms with Crippen LogP contribution in [0, 0.1) is 10.8 Å². The van der Waals surface area contributed by atoms with Gasteiger partial charge >= 0.3 is 0 Å². The van der Waals surface area contributed by atoms with Crippen molar-refractivity contribution in [1.29, 1.82) is 5.41 Å². The summed E-state index contributed by atoms with van der Waals surface area (Å²) in [6.45, 7) is 7.87. The molecule has 4 heteroatoms. The van der Waals surface area contributed by atoms with E-state index < -0.39 is 0 Å². The minimum absolute atomic E-state index is 0.0486. The molecule has 4 nitrogen and oxygen atoms in total. The van der Waals surface area contributed by atoms with E-state index in [2.05, 4.69) is 18.7 Å². The van der Waals surface area contributed by atoms with Gasteiger partial charge in [0.25, 0.3) is 0 Å². The van der Waals surface area contributed by atoms with Crippen molar-refractivity contribution in [3.05, 3.63) is 29.3 Å². The zero-order valence-corrected chi connectivity index (χ0v) is 12.7. The van der Waals surface area contributed by atoms with E-state index in [0.717, 1.165) is 19.6 Å². The Labute approximate surface area is 121 Å². The summed E-state index contributed by atoms with van der Waals surface area (Å²) in [5.41, 5.74) is 7.83. The van der Waals surface area contributed by atoms with Crippen molar-refractivity contribution in [1.82, 2.24) is 4.90 Å². The van der Waals surface area contributed by atoms with Crippen LogP contribution in [0.4, 0.5) is 0 Å². The largest absolute Gasteiger partial charge is 0.496 e. The maximum atomic E-state index is 7.54. The molecule has 0 aliphatic carbocycles. The summed E-state index contributed by atoms with van der Waals surface area (Å²) in [4.78, 5) is 2.49. The van der Waals surface area contributed by atoms with Crippen LogP contribution in [0.15, 0.2) is 18.2 Å². The molecular weight excluding hydrogens is 250 g/mol. The number of nitrogens with two attached hydrogens (primary N) is 1. The van der Waals surface area contributed by atoms with E-state index in [9.17, 15) is 0 Å². The number of nitrogen functional groups attached to an aromatic ring is 1. The Hall–Kier alpha value is -1.55. The monoisotopic (exact) mass is 275 g/mol. The number of hydrogen-bond acceptors (Lipinski definition) is 3. The third kappa shape index (κ3) is 3.51. The van der Waals surface area contributed by atoms with Gasteiger partial charge in [0.2, 0.25) is 0 Å². The molecule has 0 amide bonds. The summed E-state index contributed by atoms with van der Waals surface area (Å²) in [7, 11) is 1.62. The minimum atomic E-state index is 0.0486. The second kappa shape index (κ2) is 5.83. The van der Waals surface area contributed by atoms with Crippen molar-refractivity contribution in [2.24, 2.45) is 11.1 Å². The lowest BCUT2D eigenvalue weighted by molar-refractivity contribution is 0.111. The minimum Gasteiger partial charge on any atom is -0.496 e. The highest BCUT2D eigenvalue weighted by Gasteiger charge is 2.26. The highest BCUT2D eigenvalue weighted by molar-refractivity contribution is 5.97. The van der Waals surface area contributed by atoms with Gasteiger partial charge in [-0.1, -0.05) is 19.9 Å². The molecule has 1 heterocycles. The Morgan fingerprint density at radius 2 is 2.20 bits per heavy atom. The molecule has 0 radical (unpaired) electrons. The van der Waals surface area contributed by atoms with E-state index in [1.54, 1.807) is 7.11 Å². The normalized spacial score (nSPS) is 18.8. The van der Waals surface area contributed by atoms with E-state index in [0.29, 0.717) is 16.7 Å². The number of nitrogens with zero attached hydrogens (tertiary/aromatic N) is 1. The molecule has 110 valence electrons. The van der Waals surface area contributed by atoms with Crippen molar-refractivity contribution in [3.8, 4) is 5.75 Å². The molecule has 1 aromatic rings. The van der Waals surface area contributed by atoms with Gasteiger partial charge in [0, 0.05) is 13.1 Å². The highest BCUT2D eigenvalue weighted by atomic mass is 16.5. The van der Waals surface area contributed by atoms with Crippen molar-refractivity contribution in [2.45, 2.75) is 33.2 Å². The van der Waals surface area contributed by atoms with Crippen LogP contribution in [-0.4, -0.2) is 30.9 Å². The number of benzene rings is 1. The molecule has 1 saturated heterocycles. The Bertz CT molecular complexity index is 496. The number of likely N-dealkylation sites (tertiary alicyclic amines) is 1. The highest BCUT2D eigenvalue weighted by Crippen LogP contribution is 2.30. The van der Waals surface area contributed by atoms with Crippen LogP contribution < -0.4 is 10.5 Å². The SMILES string of the molecule is COc1cc(CN2CCCC(C)(C)C2)ccc1C(=N)N. The van der Waals surface area contributed by atoms with Crippen LogP contribution >= 0.6 is 0 Å². The number of hydrogen-bond donors (Lipinski definition) is 2. The van der Waals surface area contributed by atoms with Crippen molar-refractivity contribution in [3.63, 3.8) is 0 Å². The first kappa shape index (κ1) is 14.9. The van der Waals surface area contributed by atoms with Gasteiger partial charge in [-0.2, -0.15) is 0 Å². The summed E-state index contributed by atoms with van der Waals surface area (Å²) >= 11 is 0. The molecule has 1 aliphatic heterocycles. The van der Waals surface area contributed by atoms with Crippen molar-refractivity contribution >= 4 is 5.84 Å². The van der Waals surface area contributed by atoms with E-state index in [-0.39, 0.29) is 5.84 Å². The number of amidine groups is 1. The lowest BCUT2D eigenvalue weighted by atomic mass is 9.84. The lowest BCUT2D eigenvalue weighted by Gasteiger charge is -2.38. The molecule has 0 unspecified atom stereocenters. The van der Waals surface area contributed by atoms with Crippen LogP contribution in [-0.2, 0) is 6.54 Å². The Kier molecular flexibility index (Phi) is 4.33. The predicted octanol–water partition coefficient (Wildman–Crippen LogP) is 2.60. The Morgan fingerprint density at radius 1 is 1.45 bits per heavy atom. The summed E-state index contributed by atoms with van der Waals surface area (Å²) in [6.07, 6.45) is 2.56. The average molecular weight is 275 g/mol. The topological polar surface area (TPSA) is 62.3 Å². The quantitative estimate of drug-likeness (QED) is 0.656. The number of piperidine rings is 1. The van der Waals surface area contributed by atoms with Gasteiger partial charge < -0.3 is 10.5 Å². The summed E-state index contributed by atoms with van der Waals surface area (Å²) < 4.78 is 5.34. The first-order valence-electron chi connectivity index (χ1n) is 7.15. The third-order valence-electron chi connectivity index (χ3n) is 3.94. The Morgan fingerprint density at radius 3 is 2.80 bits per heavy atom. The van der Waals surface area contributed by atoms with Gasteiger partial charge in [0.05, 0.1) is 12.7 Å². The number of methoxy groups -OCH3 is 1. The van der Waals surface area contributed by atoms with Crippen LogP contribution in [0.3, 0.4) is 0 Å². The first-order valence-corrected chi connectivity index (χ1v) is 7.15. The number of rotatable bonds is 4. The van der Waals surface area contributed by atoms with E-state index in [1.807, 2.05) is 18.2 Å². The zero-order valence-electron chi connectivity index (χ0n) is 12.7. The molecular formula is C16H25N3O. The maximum Gasteiger partial charge on any atom is 0.130 e. The summed E-state index contributed by atoms with van der Waals surface area (Å²) in [6, 6.07) is 5.92. The number of nitrogens with one attached hydrogen (secondary N) is 1. The molecule has 0 spiro atoms. The molecule has 2 rings (SSSR count). The third-order valence-corrected chi connectivity index (χ3v) is 3.94.